The van der Waals surface area contributed by atoms with Crippen molar-refractivity contribution in [1.82, 2.24) is 0 Å². The molecule has 0 aliphatic heterocycles. The first-order chi connectivity index (χ1) is 13.8. The first-order valence-electron chi connectivity index (χ1n) is 10.9. The Kier molecular flexibility index (Phi) is 9.60. The highest BCUT2D eigenvalue weighted by Gasteiger charge is 2.23. The van der Waals surface area contributed by atoms with Crippen molar-refractivity contribution in [2.75, 3.05) is 18.1 Å². The first-order valence-corrected chi connectivity index (χ1v) is 12.7. The zero-order valence-electron chi connectivity index (χ0n) is 17.8. The molecule has 0 N–H and O–H groups in total. The monoisotopic (exact) mass is 426 g/mol. The Hall–Kier alpha value is -1.43. The zero-order chi connectivity index (χ0) is 21.3. The summed E-state index contributed by atoms with van der Waals surface area (Å²) >= 11 is 0. The lowest BCUT2D eigenvalue weighted by Crippen LogP contribution is -2.16. The predicted molar refractivity (Wildman–Crippen MR) is 115 cm³/mol. The van der Waals surface area contributed by atoms with E-state index < -0.39 is 15.7 Å². The molecule has 1 fully saturated rings. The molecule has 1 aromatic carbocycles. The molecule has 1 aliphatic carbocycles. The van der Waals surface area contributed by atoms with E-state index in [0.717, 1.165) is 50.5 Å². The van der Waals surface area contributed by atoms with Crippen LogP contribution in [0.15, 0.2) is 18.2 Å². The molecule has 0 spiro atoms. The van der Waals surface area contributed by atoms with Crippen molar-refractivity contribution < 1.29 is 22.3 Å². The lowest BCUT2D eigenvalue weighted by atomic mass is 10.0. The molecule has 0 aromatic heterocycles. The van der Waals surface area contributed by atoms with Crippen molar-refractivity contribution in [3.8, 4) is 5.75 Å². The predicted octanol–water partition coefficient (Wildman–Crippen LogP) is 5.45. The average Bonchev–Trinajstić information content (AvgIpc) is 3.47. The minimum atomic E-state index is -3.16. The quantitative estimate of drug-likeness (QED) is 0.350. The van der Waals surface area contributed by atoms with E-state index >= 15 is 0 Å². The van der Waals surface area contributed by atoms with E-state index in [0.29, 0.717) is 25.4 Å². The SMILES string of the molecule is CC(=O)CCCCCCCCS(=O)(=O)C[C@H](C)c1ccc(F)c(OCC2CC2)c1. The van der Waals surface area contributed by atoms with Crippen LogP contribution in [-0.4, -0.2) is 32.3 Å². The van der Waals surface area contributed by atoms with E-state index in [1.54, 1.807) is 19.1 Å². The Labute approximate surface area is 175 Å². The summed E-state index contributed by atoms with van der Waals surface area (Å²) in [6.45, 7) is 4.01. The number of carbonyl (C=O) groups is 1. The molecule has 1 saturated carbocycles. The number of sulfone groups is 1. The van der Waals surface area contributed by atoms with Gasteiger partial charge in [0, 0.05) is 6.42 Å². The summed E-state index contributed by atoms with van der Waals surface area (Å²) in [6.07, 6.45) is 8.47. The number of hydrogen-bond acceptors (Lipinski definition) is 4. The molecule has 1 aromatic rings. The van der Waals surface area contributed by atoms with Gasteiger partial charge >= 0.3 is 0 Å². The van der Waals surface area contributed by atoms with Gasteiger partial charge in [0.05, 0.1) is 18.1 Å². The smallest absolute Gasteiger partial charge is 0.165 e. The molecule has 4 nitrogen and oxygen atoms in total. The molecule has 1 aliphatic rings. The van der Waals surface area contributed by atoms with Crippen LogP contribution in [0.3, 0.4) is 0 Å². The number of halogens is 1. The van der Waals surface area contributed by atoms with Crippen LogP contribution in [0.1, 0.15) is 83.1 Å². The van der Waals surface area contributed by atoms with Gasteiger partial charge in [0.25, 0.3) is 0 Å². The standard InChI is InChI=1S/C23H35FO4S/c1-18(21-12-13-22(24)23(15-21)28-16-20-10-11-20)17-29(26,27)14-8-6-4-3-5-7-9-19(2)25/h12-13,15,18,20H,3-11,14,16-17H2,1-2H3/t18-/m0/s1. The Morgan fingerprint density at radius 1 is 1.14 bits per heavy atom. The van der Waals surface area contributed by atoms with Crippen molar-refractivity contribution in [3.63, 3.8) is 0 Å². The van der Waals surface area contributed by atoms with Gasteiger partial charge < -0.3 is 9.53 Å². The van der Waals surface area contributed by atoms with Crippen LogP contribution in [0.4, 0.5) is 4.39 Å². The Morgan fingerprint density at radius 3 is 2.45 bits per heavy atom. The van der Waals surface area contributed by atoms with E-state index in [9.17, 15) is 17.6 Å². The molecule has 0 amide bonds. The molecule has 164 valence electrons. The Bertz CT molecular complexity index is 756. The Morgan fingerprint density at radius 2 is 1.79 bits per heavy atom. The van der Waals surface area contributed by atoms with Crippen LogP contribution in [0.25, 0.3) is 0 Å². The number of rotatable bonds is 15. The number of ether oxygens (including phenoxy) is 1. The minimum absolute atomic E-state index is 0.0688. The molecule has 6 heteroatoms. The third-order valence-corrected chi connectivity index (χ3v) is 7.35. The first kappa shape index (κ1) is 23.8. The van der Waals surface area contributed by atoms with Gasteiger partial charge in [0.1, 0.15) is 5.78 Å². The fraction of sp³-hybridized carbons (Fsp3) is 0.696. The fourth-order valence-electron chi connectivity index (χ4n) is 3.39. The van der Waals surface area contributed by atoms with Crippen molar-refractivity contribution in [3.05, 3.63) is 29.6 Å². The zero-order valence-corrected chi connectivity index (χ0v) is 18.6. The van der Waals surface area contributed by atoms with Gasteiger partial charge in [-0.3, -0.25) is 0 Å². The van der Waals surface area contributed by atoms with Gasteiger partial charge in [-0.25, -0.2) is 12.8 Å². The second-order valence-electron chi connectivity index (χ2n) is 8.53. The van der Waals surface area contributed by atoms with Gasteiger partial charge in [-0.05, 0) is 62.1 Å². The Balaban J connectivity index is 1.71. The maximum atomic E-state index is 13.9. The van der Waals surface area contributed by atoms with Crippen molar-refractivity contribution in [2.45, 2.75) is 77.6 Å². The molecule has 0 saturated heterocycles. The fourth-order valence-corrected chi connectivity index (χ4v) is 5.16. The average molecular weight is 427 g/mol. The molecule has 0 heterocycles. The van der Waals surface area contributed by atoms with Crippen LogP contribution in [-0.2, 0) is 14.6 Å². The summed E-state index contributed by atoms with van der Waals surface area (Å²) in [5.41, 5.74) is 0.797. The lowest BCUT2D eigenvalue weighted by Gasteiger charge is -2.15. The van der Waals surface area contributed by atoms with Crippen LogP contribution < -0.4 is 4.74 Å². The van der Waals surface area contributed by atoms with Gasteiger partial charge in [-0.2, -0.15) is 0 Å². The molecule has 0 radical (unpaired) electrons. The van der Waals surface area contributed by atoms with Crippen LogP contribution in [0, 0.1) is 11.7 Å². The summed E-state index contributed by atoms with van der Waals surface area (Å²) in [4.78, 5) is 10.9. The molecular formula is C23H35FO4S. The van der Waals surface area contributed by atoms with Crippen molar-refractivity contribution in [2.24, 2.45) is 5.92 Å². The van der Waals surface area contributed by atoms with Crippen LogP contribution >= 0.6 is 0 Å². The van der Waals surface area contributed by atoms with Crippen LogP contribution in [0.2, 0.25) is 0 Å². The van der Waals surface area contributed by atoms with E-state index in [2.05, 4.69) is 0 Å². The van der Waals surface area contributed by atoms with Gasteiger partial charge in [0.2, 0.25) is 0 Å². The van der Waals surface area contributed by atoms with Gasteiger partial charge in [-0.15, -0.1) is 0 Å². The van der Waals surface area contributed by atoms with E-state index in [1.165, 1.54) is 6.07 Å². The summed E-state index contributed by atoms with van der Waals surface area (Å²) in [5, 5.41) is 0. The second-order valence-corrected chi connectivity index (χ2v) is 10.8. The number of hydrogen-bond donors (Lipinski definition) is 0. The van der Waals surface area contributed by atoms with Gasteiger partial charge in [0.15, 0.2) is 21.4 Å². The summed E-state index contributed by atoms with van der Waals surface area (Å²) in [6, 6.07) is 4.67. The highest BCUT2D eigenvalue weighted by Crippen LogP contribution is 2.31. The number of unbranched alkanes of at least 4 members (excludes halogenated alkanes) is 5. The van der Waals surface area contributed by atoms with Crippen LogP contribution in [0.5, 0.6) is 5.75 Å². The lowest BCUT2D eigenvalue weighted by molar-refractivity contribution is -0.117. The number of carbonyl (C=O) groups excluding carboxylic acids is 1. The topological polar surface area (TPSA) is 60.4 Å². The molecule has 2 rings (SSSR count). The molecular weight excluding hydrogens is 391 g/mol. The third-order valence-electron chi connectivity index (χ3n) is 5.43. The number of benzene rings is 1. The molecule has 0 unspecified atom stereocenters. The van der Waals surface area contributed by atoms with Crippen molar-refractivity contribution in [1.29, 1.82) is 0 Å². The normalized spacial score (nSPS) is 15.3. The van der Waals surface area contributed by atoms with Gasteiger partial charge in [-0.1, -0.05) is 38.7 Å². The van der Waals surface area contributed by atoms with E-state index in [-0.39, 0.29) is 29.0 Å². The largest absolute Gasteiger partial charge is 0.490 e. The molecule has 1 atom stereocenters. The van der Waals surface area contributed by atoms with E-state index in [4.69, 9.17) is 4.74 Å². The number of Topliss-reactive ketones (excluding diaryl/α,β-unsaturated/α-hetero) is 1. The highest BCUT2D eigenvalue weighted by molar-refractivity contribution is 7.91. The summed E-state index contributed by atoms with van der Waals surface area (Å²) in [5.74, 6) is 0.653. The third kappa shape index (κ3) is 9.75. The highest BCUT2D eigenvalue weighted by atomic mass is 32.2. The second kappa shape index (κ2) is 11.7. The number of ketones is 1. The minimum Gasteiger partial charge on any atom is -0.490 e. The van der Waals surface area contributed by atoms with E-state index in [1.807, 2.05) is 6.92 Å². The maximum absolute atomic E-state index is 13.9. The van der Waals surface area contributed by atoms with Crippen molar-refractivity contribution >= 4 is 15.6 Å². The maximum Gasteiger partial charge on any atom is 0.165 e. The molecule has 0 bridgehead atoms. The summed E-state index contributed by atoms with van der Waals surface area (Å²) < 4.78 is 44.4. The summed E-state index contributed by atoms with van der Waals surface area (Å²) in [7, 11) is -3.16. The molecule has 29 heavy (non-hydrogen) atoms.